The van der Waals surface area contributed by atoms with Gasteiger partial charge in [-0.05, 0) is 64.1 Å². The van der Waals surface area contributed by atoms with Gasteiger partial charge in [-0.25, -0.2) is 4.98 Å². The van der Waals surface area contributed by atoms with Crippen LogP contribution in [0.2, 0.25) is 0 Å². The maximum Gasteiger partial charge on any atom is 0.229 e. The second-order valence-corrected chi connectivity index (χ2v) is 7.94. The molecule has 0 unspecified atom stereocenters. The number of hydrogen-bond donors (Lipinski definition) is 3. The normalized spacial score (nSPS) is 10.7. The molecule has 0 bridgehead atoms. The Hall–Kier alpha value is -4.20. The Balaban J connectivity index is 1.39. The summed E-state index contributed by atoms with van der Waals surface area (Å²) in [6.07, 6.45) is 0.217. The van der Waals surface area contributed by atoms with Crippen molar-refractivity contribution in [2.24, 2.45) is 0 Å². The van der Waals surface area contributed by atoms with Crippen molar-refractivity contribution in [2.45, 2.75) is 34.1 Å². The first-order valence-corrected chi connectivity index (χ1v) is 10.6. The van der Waals surface area contributed by atoms with Crippen LogP contribution in [0.1, 0.15) is 28.3 Å². The van der Waals surface area contributed by atoms with E-state index >= 15 is 0 Å². The van der Waals surface area contributed by atoms with E-state index < -0.39 is 0 Å². The molecule has 33 heavy (non-hydrogen) atoms. The van der Waals surface area contributed by atoms with Gasteiger partial charge in [0.2, 0.25) is 11.9 Å². The first kappa shape index (κ1) is 22.0. The van der Waals surface area contributed by atoms with Gasteiger partial charge in [0.1, 0.15) is 11.6 Å². The van der Waals surface area contributed by atoms with Crippen LogP contribution in [0.15, 0.2) is 59.1 Å². The molecule has 0 spiro atoms. The van der Waals surface area contributed by atoms with E-state index in [0.29, 0.717) is 23.2 Å². The molecule has 0 saturated heterocycles. The number of amides is 1. The van der Waals surface area contributed by atoms with Gasteiger partial charge in [-0.3, -0.25) is 4.79 Å². The highest BCUT2D eigenvalue weighted by molar-refractivity contribution is 5.92. The van der Waals surface area contributed by atoms with Crippen molar-refractivity contribution in [1.29, 1.82) is 0 Å². The third-order valence-corrected chi connectivity index (χ3v) is 5.12. The molecule has 0 saturated carbocycles. The SMILES string of the molecule is Cc1ccc(Nc2cc(C)nc(Nc3ccc(NC(=O)Cc4c(C)noc4C)cc3)n2)cc1. The Labute approximate surface area is 192 Å². The number of hydrogen-bond acceptors (Lipinski definition) is 7. The second-order valence-electron chi connectivity index (χ2n) is 7.94. The molecule has 1 amide bonds. The van der Waals surface area contributed by atoms with Crippen molar-refractivity contribution < 1.29 is 9.32 Å². The van der Waals surface area contributed by atoms with Crippen LogP contribution in [0.3, 0.4) is 0 Å². The molecule has 0 aliphatic rings. The van der Waals surface area contributed by atoms with E-state index in [4.69, 9.17) is 4.52 Å². The summed E-state index contributed by atoms with van der Waals surface area (Å²) in [6, 6.07) is 17.4. The van der Waals surface area contributed by atoms with Crippen molar-refractivity contribution in [2.75, 3.05) is 16.0 Å². The molecule has 4 rings (SSSR count). The van der Waals surface area contributed by atoms with Crippen LogP contribution >= 0.6 is 0 Å². The van der Waals surface area contributed by atoms with Gasteiger partial charge in [-0.1, -0.05) is 22.9 Å². The molecule has 8 nitrogen and oxygen atoms in total. The number of benzene rings is 2. The lowest BCUT2D eigenvalue weighted by Gasteiger charge is -2.11. The Bertz CT molecular complexity index is 1240. The van der Waals surface area contributed by atoms with Crippen molar-refractivity contribution >= 4 is 34.7 Å². The molecular weight excluding hydrogens is 416 g/mol. The van der Waals surface area contributed by atoms with E-state index in [2.05, 4.69) is 38.0 Å². The van der Waals surface area contributed by atoms with Crippen LogP contribution in [0, 0.1) is 27.7 Å². The molecule has 2 heterocycles. The molecule has 2 aromatic carbocycles. The van der Waals surface area contributed by atoms with Crippen molar-refractivity contribution in [3.8, 4) is 0 Å². The van der Waals surface area contributed by atoms with Gasteiger partial charge < -0.3 is 20.5 Å². The zero-order valence-corrected chi connectivity index (χ0v) is 19.1. The lowest BCUT2D eigenvalue weighted by atomic mass is 10.1. The molecule has 4 aromatic rings. The summed E-state index contributed by atoms with van der Waals surface area (Å²) in [4.78, 5) is 21.4. The van der Waals surface area contributed by atoms with Crippen LogP contribution in [-0.2, 0) is 11.2 Å². The quantitative estimate of drug-likeness (QED) is 0.353. The lowest BCUT2D eigenvalue weighted by molar-refractivity contribution is -0.115. The summed E-state index contributed by atoms with van der Waals surface area (Å²) in [5.74, 6) is 1.73. The zero-order chi connectivity index (χ0) is 23.4. The standard InChI is InChI=1S/C25H26N6O2/c1-15-5-7-19(8-6-15)27-23-13-16(2)26-25(30-23)29-21-11-9-20(10-12-21)28-24(32)14-22-17(3)31-33-18(22)4/h5-13H,14H2,1-4H3,(H,28,32)(H2,26,27,29,30). The highest BCUT2D eigenvalue weighted by Gasteiger charge is 2.13. The Kier molecular flexibility index (Phi) is 6.35. The summed E-state index contributed by atoms with van der Waals surface area (Å²) >= 11 is 0. The van der Waals surface area contributed by atoms with Crippen molar-refractivity contribution in [1.82, 2.24) is 15.1 Å². The molecule has 168 valence electrons. The predicted molar refractivity (Wildman–Crippen MR) is 129 cm³/mol. The summed E-state index contributed by atoms with van der Waals surface area (Å²) in [7, 11) is 0. The number of rotatable bonds is 7. The average Bonchev–Trinajstić information content (AvgIpc) is 3.08. The van der Waals surface area contributed by atoms with Gasteiger partial charge in [0.25, 0.3) is 0 Å². The average molecular weight is 443 g/mol. The van der Waals surface area contributed by atoms with E-state index in [1.54, 1.807) is 6.92 Å². The maximum atomic E-state index is 12.4. The molecule has 0 atom stereocenters. The number of carbonyl (C=O) groups is 1. The molecular formula is C25H26N6O2. The van der Waals surface area contributed by atoms with Gasteiger partial charge >= 0.3 is 0 Å². The van der Waals surface area contributed by atoms with Gasteiger partial charge in [0.15, 0.2) is 0 Å². The predicted octanol–water partition coefficient (Wildman–Crippen LogP) is 5.37. The fourth-order valence-electron chi connectivity index (χ4n) is 3.36. The van der Waals surface area contributed by atoms with Gasteiger partial charge in [-0.2, -0.15) is 4.98 Å². The second kappa shape index (κ2) is 9.52. The molecule has 2 aromatic heterocycles. The van der Waals surface area contributed by atoms with Crippen LogP contribution < -0.4 is 16.0 Å². The zero-order valence-electron chi connectivity index (χ0n) is 19.1. The third-order valence-electron chi connectivity index (χ3n) is 5.12. The summed E-state index contributed by atoms with van der Waals surface area (Å²) < 4.78 is 5.12. The van der Waals surface area contributed by atoms with Crippen LogP contribution in [0.25, 0.3) is 0 Å². The minimum atomic E-state index is -0.126. The van der Waals surface area contributed by atoms with Gasteiger partial charge in [-0.15, -0.1) is 0 Å². The minimum absolute atomic E-state index is 0.126. The van der Waals surface area contributed by atoms with Crippen molar-refractivity contribution in [3.05, 3.63) is 82.9 Å². The largest absolute Gasteiger partial charge is 0.361 e. The van der Waals surface area contributed by atoms with Crippen LogP contribution in [0.4, 0.5) is 28.8 Å². The van der Waals surface area contributed by atoms with E-state index in [0.717, 1.165) is 28.3 Å². The number of nitrogens with zero attached hydrogens (tertiary/aromatic N) is 3. The van der Waals surface area contributed by atoms with Crippen molar-refractivity contribution in [3.63, 3.8) is 0 Å². The topological polar surface area (TPSA) is 105 Å². The number of anilines is 5. The Morgan fingerprint density at radius 2 is 1.48 bits per heavy atom. The fourth-order valence-corrected chi connectivity index (χ4v) is 3.36. The third kappa shape index (κ3) is 5.74. The fraction of sp³-hybridized carbons (Fsp3) is 0.200. The van der Waals surface area contributed by atoms with Crippen LogP contribution in [-0.4, -0.2) is 21.0 Å². The molecule has 3 N–H and O–H groups in total. The molecule has 8 heteroatoms. The number of aryl methyl sites for hydroxylation is 4. The van der Waals surface area contributed by atoms with Crippen LogP contribution in [0.5, 0.6) is 0 Å². The molecule has 0 aliphatic heterocycles. The Morgan fingerprint density at radius 1 is 0.848 bits per heavy atom. The van der Waals surface area contributed by atoms with E-state index in [-0.39, 0.29) is 12.3 Å². The van der Waals surface area contributed by atoms with E-state index in [9.17, 15) is 4.79 Å². The summed E-state index contributed by atoms with van der Waals surface area (Å²) in [6.45, 7) is 7.60. The highest BCUT2D eigenvalue weighted by atomic mass is 16.5. The van der Waals surface area contributed by atoms with E-state index in [1.807, 2.05) is 68.4 Å². The lowest BCUT2D eigenvalue weighted by Crippen LogP contribution is -2.15. The first-order chi connectivity index (χ1) is 15.9. The summed E-state index contributed by atoms with van der Waals surface area (Å²) in [5.41, 5.74) is 6.06. The maximum absolute atomic E-state index is 12.4. The number of aromatic nitrogens is 3. The monoisotopic (exact) mass is 442 g/mol. The molecule has 0 aliphatic carbocycles. The Morgan fingerprint density at radius 3 is 2.15 bits per heavy atom. The van der Waals surface area contributed by atoms with Gasteiger partial charge in [0, 0.05) is 34.4 Å². The highest BCUT2D eigenvalue weighted by Crippen LogP contribution is 2.21. The summed E-state index contributed by atoms with van der Waals surface area (Å²) in [5, 5.41) is 13.3. The number of nitrogens with one attached hydrogen (secondary N) is 3. The molecule has 0 radical (unpaired) electrons. The number of carbonyl (C=O) groups excluding carboxylic acids is 1. The van der Waals surface area contributed by atoms with E-state index in [1.165, 1.54) is 5.56 Å². The van der Waals surface area contributed by atoms with Gasteiger partial charge in [0.05, 0.1) is 12.1 Å². The molecule has 0 fully saturated rings. The first-order valence-electron chi connectivity index (χ1n) is 10.6. The smallest absolute Gasteiger partial charge is 0.229 e. The minimum Gasteiger partial charge on any atom is -0.361 e.